The summed E-state index contributed by atoms with van der Waals surface area (Å²) in [6.45, 7) is 5.12. The normalized spacial score (nSPS) is 14.7. The maximum absolute atomic E-state index is 11.5. The largest absolute Gasteiger partial charge is 0.496 e. The summed E-state index contributed by atoms with van der Waals surface area (Å²) in [7, 11) is 1.63. The first kappa shape index (κ1) is 25.6. The van der Waals surface area contributed by atoms with Crippen molar-refractivity contribution in [1.82, 2.24) is 20.1 Å². The fourth-order valence-corrected chi connectivity index (χ4v) is 5.69. The van der Waals surface area contributed by atoms with Crippen molar-refractivity contribution in [3.05, 3.63) is 116 Å². The summed E-state index contributed by atoms with van der Waals surface area (Å²) in [5, 5.41) is 20.8. The summed E-state index contributed by atoms with van der Waals surface area (Å²) in [4.78, 5) is 14.8. The highest BCUT2D eigenvalue weighted by Crippen LogP contribution is 2.37. The van der Waals surface area contributed by atoms with Crippen LogP contribution >= 0.6 is 0 Å². The molecule has 0 fully saturated rings. The third-order valence-electron chi connectivity index (χ3n) is 7.65. The second-order valence-electron chi connectivity index (χ2n) is 10.1. The molecule has 1 aliphatic heterocycles. The predicted octanol–water partition coefficient (Wildman–Crippen LogP) is 5.76. The van der Waals surface area contributed by atoms with Crippen LogP contribution in [0, 0.1) is 24.0 Å². The van der Waals surface area contributed by atoms with Crippen LogP contribution in [0.15, 0.2) is 66.7 Å². The second-order valence-corrected chi connectivity index (χ2v) is 10.1. The minimum atomic E-state index is -0.372. The Morgan fingerprint density at radius 2 is 1.93 bits per heavy atom. The van der Waals surface area contributed by atoms with Crippen LogP contribution in [0.5, 0.6) is 11.5 Å². The molecule has 0 saturated carbocycles. The van der Waals surface area contributed by atoms with Crippen LogP contribution in [0.2, 0.25) is 0 Å². The van der Waals surface area contributed by atoms with E-state index in [1.165, 1.54) is 10.9 Å². The van der Waals surface area contributed by atoms with Crippen LogP contribution in [-0.2, 0) is 19.6 Å². The summed E-state index contributed by atoms with van der Waals surface area (Å²) < 4.78 is 13.4. The molecule has 0 spiro atoms. The highest BCUT2D eigenvalue weighted by atomic mass is 16.6. The molecule has 2 N–H and O–H groups in total. The monoisotopic (exact) mass is 537 g/mol. The number of H-pyrrole nitrogens is 1. The van der Waals surface area contributed by atoms with Gasteiger partial charge in [0.1, 0.15) is 29.5 Å². The van der Waals surface area contributed by atoms with Crippen LogP contribution in [0.1, 0.15) is 45.4 Å². The third kappa shape index (κ3) is 4.69. The average Bonchev–Trinajstić information content (AvgIpc) is 3.47. The average molecular weight is 538 g/mol. The smallest absolute Gasteiger partial charge is 0.312 e. The number of nitrogens with one attached hydrogen (secondary N) is 2. The van der Waals surface area contributed by atoms with Crippen molar-refractivity contribution in [1.29, 1.82) is 0 Å². The maximum atomic E-state index is 11.5. The van der Waals surface area contributed by atoms with Crippen molar-refractivity contribution < 1.29 is 14.4 Å². The maximum Gasteiger partial charge on any atom is 0.312 e. The fraction of sp³-hybridized carbons (Fsp3) is 0.258. The van der Waals surface area contributed by atoms with Gasteiger partial charge in [-0.05, 0) is 67.3 Å². The van der Waals surface area contributed by atoms with Gasteiger partial charge in [-0.1, -0.05) is 36.4 Å². The van der Waals surface area contributed by atoms with E-state index in [0.717, 1.165) is 46.6 Å². The van der Waals surface area contributed by atoms with Gasteiger partial charge in [-0.3, -0.25) is 14.8 Å². The number of nitro groups is 1. The number of benzene rings is 3. The molecular formula is C31H31N5O4. The van der Waals surface area contributed by atoms with Gasteiger partial charge >= 0.3 is 5.69 Å². The first-order chi connectivity index (χ1) is 19.4. The van der Waals surface area contributed by atoms with E-state index in [4.69, 9.17) is 9.47 Å². The third-order valence-corrected chi connectivity index (χ3v) is 7.65. The lowest BCUT2D eigenvalue weighted by molar-refractivity contribution is -0.386. The van der Waals surface area contributed by atoms with E-state index in [1.807, 2.05) is 30.3 Å². The minimum absolute atomic E-state index is 0.0377. The Balaban J connectivity index is 1.31. The second kappa shape index (κ2) is 10.5. The molecule has 6 rings (SSSR count). The molecule has 2 aromatic heterocycles. The van der Waals surface area contributed by atoms with E-state index in [2.05, 4.69) is 51.8 Å². The Hall–Kier alpha value is -4.63. The summed E-state index contributed by atoms with van der Waals surface area (Å²) in [6.07, 6.45) is 0.909. The molecule has 9 nitrogen and oxygen atoms in total. The van der Waals surface area contributed by atoms with Gasteiger partial charge in [-0.25, -0.2) is 0 Å². The van der Waals surface area contributed by atoms with Gasteiger partial charge in [0.2, 0.25) is 0 Å². The summed E-state index contributed by atoms with van der Waals surface area (Å²) in [5.74, 6) is 1.56. The van der Waals surface area contributed by atoms with Crippen LogP contribution in [-0.4, -0.2) is 33.3 Å². The Morgan fingerprint density at radius 3 is 2.67 bits per heavy atom. The number of hydrogen-bond donors (Lipinski definition) is 2. The number of methoxy groups -OCH3 is 1. The number of fused-ring (bicyclic) bond motifs is 3. The molecule has 0 aliphatic carbocycles. The summed E-state index contributed by atoms with van der Waals surface area (Å²) in [5.41, 5.74) is 7.61. The van der Waals surface area contributed by atoms with E-state index < -0.39 is 0 Å². The van der Waals surface area contributed by atoms with Gasteiger partial charge < -0.3 is 19.8 Å². The standard InChI is InChI=1S/C31H31N5O4/c1-19-31(36(37)38)20(2)35(34-19)17-23-15-22(9-12-28(23)39-3)29-30-25(13-14-32-29)26-16-24(10-11-27(26)33-30)40-18-21-7-5-4-6-8-21/h4-12,15-16,29,32-33H,13-14,17-18H2,1-3H3. The van der Waals surface area contributed by atoms with E-state index >= 15 is 0 Å². The molecule has 204 valence electrons. The summed E-state index contributed by atoms with van der Waals surface area (Å²) in [6, 6.07) is 22.5. The van der Waals surface area contributed by atoms with Crippen molar-refractivity contribution in [2.75, 3.05) is 13.7 Å². The number of aromatic amines is 1. The van der Waals surface area contributed by atoms with E-state index in [0.29, 0.717) is 30.3 Å². The van der Waals surface area contributed by atoms with Gasteiger partial charge in [0.05, 0.1) is 24.6 Å². The number of nitrogens with zero attached hydrogens (tertiary/aromatic N) is 3. The topological polar surface area (TPSA) is 107 Å². The van der Waals surface area contributed by atoms with E-state index in [9.17, 15) is 10.1 Å². The molecule has 1 atom stereocenters. The van der Waals surface area contributed by atoms with Crippen molar-refractivity contribution in [3.63, 3.8) is 0 Å². The first-order valence-corrected chi connectivity index (χ1v) is 13.3. The van der Waals surface area contributed by atoms with Crippen LogP contribution in [0.3, 0.4) is 0 Å². The Morgan fingerprint density at radius 1 is 1.10 bits per heavy atom. The molecule has 0 bridgehead atoms. The number of ether oxygens (including phenoxy) is 2. The predicted molar refractivity (Wildman–Crippen MR) is 153 cm³/mol. The Labute approximate surface area is 231 Å². The van der Waals surface area contributed by atoms with Gasteiger partial charge in [-0.2, -0.15) is 5.10 Å². The van der Waals surface area contributed by atoms with Gasteiger partial charge in [0, 0.05) is 28.7 Å². The van der Waals surface area contributed by atoms with E-state index in [1.54, 1.807) is 25.6 Å². The van der Waals surface area contributed by atoms with Crippen LogP contribution in [0.4, 0.5) is 5.69 Å². The van der Waals surface area contributed by atoms with Crippen molar-refractivity contribution in [2.24, 2.45) is 0 Å². The van der Waals surface area contributed by atoms with Gasteiger partial charge in [0.25, 0.3) is 0 Å². The molecule has 3 aromatic carbocycles. The van der Waals surface area contributed by atoms with Crippen molar-refractivity contribution in [2.45, 2.75) is 39.5 Å². The van der Waals surface area contributed by atoms with Crippen LogP contribution < -0.4 is 14.8 Å². The molecule has 1 aliphatic rings. The zero-order chi connectivity index (χ0) is 27.8. The van der Waals surface area contributed by atoms with Gasteiger partial charge in [-0.15, -0.1) is 0 Å². The molecular weight excluding hydrogens is 506 g/mol. The van der Waals surface area contributed by atoms with Crippen molar-refractivity contribution in [3.8, 4) is 11.5 Å². The molecule has 0 radical (unpaired) electrons. The quantitative estimate of drug-likeness (QED) is 0.193. The van der Waals surface area contributed by atoms with Crippen molar-refractivity contribution >= 4 is 16.6 Å². The zero-order valence-corrected chi connectivity index (χ0v) is 22.7. The molecule has 0 amide bonds. The Kier molecular flexibility index (Phi) is 6.73. The fourth-order valence-electron chi connectivity index (χ4n) is 5.69. The highest BCUT2D eigenvalue weighted by Gasteiger charge is 2.27. The summed E-state index contributed by atoms with van der Waals surface area (Å²) >= 11 is 0. The number of hydrogen-bond acceptors (Lipinski definition) is 6. The molecule has 0 saturated heterocycles. The lowest BCUT2D eigenvalue weighted by Gasteiger charge is -2.25. The SMILES string of the molecule is COc1ccc(C2NCCc3c2[nH]c2ccc(OCc4ccccc4)cc32)cc1Cn1nc(C)c([N+](=O)[O-])c1C. The zero-order valence-electron chi connectivity index (χ0n) is 22.7. The highest BCUT2D eigenvalue weighted by molar-refractivity contribution is 5.86. The first-order valence-electron chi connectivity index (χ1n) is 13.3. The minimum Gasteiger partial charge on any atom is -0.496 e. The Bertz CT molecular complexity index is 1710. The number of aromatic nitrogens is 3. The molecule has 3 heterocycles. The lowest BCUT2D eigenvalue weighted by Crippen LogP contribution is -2.30. The van der Waals surface area contributed by atoms with E-state index in [-0.39, 0.29) is 16.7 Å². The number of aryl methyl sites for hydroxylation is 1. The van der Waals surface area contributed by atoms with Crippen LogP contribution in [0.25, 0.3) is 10.9 Å². The lowest BCUT2D eigenvalue weighted by atomic mass is 9.93. The molecule has 9 heteroatoms. The van der Waals surface area contributed by atoms with Gasteiger partial charge in [0.15, 0.2) is 0 Å². The molecule has 5 aromatic rings. The number of rotatable bonds is 8. The molecule has 1 unspecified atom stereocenters. The molecule has 40 heavy (non-hydrogen) atoms.